The summed E-state index contributed by atoms with van der Waals surface area (Å²) in [4.78, 5) is 4.10. The van der Waals surface area contributed by atoms with E-state index in [1.54, 1.807) is 6.20 Å². The predicted octanol–water partition coefficient (Wildman–Crippen LogP) is 1.76. The number of rotatable bonds is 4. The van der Waals surface area contributed by atoms with Crippen LogP contribution < -0.4 is 5.32 Å². The maximum atomic E-state index is 6.09. The first-order valence-electron chi connectivity index (χ1n) is 7.20. The average molecular weight is 262 g/mol. The number of hydrogen-bond acceptors (Lipinski definition) is 4. The molecule has 1 saturated heterocycles. The zero-order valence-electron chi connectivity index (χ0n) is 11.3. The molecule has 2 aliphatic rings. The number of hydrogen-bond donors (Lipinski definition) is 1. The Morgan fingerprint density at radius 1 is 1.53 bits per heavy atom. The molecule has 19 heavy (non-hydrogen) atoms. The van der Waals surface area contributed by atoms with Gasteiger partial charge in [0.15, 0.2) is 0 Å². The molecule has 1 aromatic rings. The Morgan fingerprint density at radius 3 is 3.32 bits per heavy atom. The van der Waals surface area contributed by atoms with Crippen molar-refractivity contribution in [1.82, 2.24) is 10.3 Å². The van der Waals surface area contributed by atoms with Crippen LogP contribution in [0.2, 0.25) is 0 Å². The van der Waals surface area contributed by atoms with E-state index in [4.69, 9.17) is 9.47 Å². The molecule has 0 bridgehead atoms. The van der Waals surface area contributed by atoms with E-state index in [1.165, 1.54) is 19.3 Å². The highest BCUT2D eigenvalue weighted by molar-refractivity contribution is 5.06. The first-order chi connectivity index (χ1) is 9.39. The van der Waals surface area contributed by atoms with Crippen molar-refractivity contribution in [3.63, 3.8) is 0 Å². The number of pyridine rings is 1. The van der Waals surface area contributed by atoms with E-state index in [1.807, 2.05) is 12.3 Å². The van der Waals surface area contributed by atoms with Crippen molar-refractivity contribution in [2.75, 3.05) is 26.3 Å². The molecule has 1 aliphatic carbocycles. The van der Waals surface area contributed by atoms with Gasteiger partial charge in [0.25, 0.3) is 0 Å². The van der Waals surface area contributed by atoms with E-state index in [2.05, 4.69) is 16.4 Å². The molecule has 2 atom stereocenters. The quantitative estimate of drug-likeness (QED) is 0.898. The molecule has 1 spiro atoms. The van der Waals surface area contributed by atoms with Crippen molar-refractivity contribution in [2.24, 2.45) is 5.92 Å². The molecule has 1 N–H and O–H groups in total. The van der Waals surface area contributed by atoms with Gasteiger partial charge in [-0.15, -0.1) is 0 Å². The van der Waals surface area contributed by atoms with Gasteiger partial charge in [0, 0.05) is 31.4 Å². The molecule has 0 aromatic carbocycles. The van der Waals surface area contributed by atoms with Gasteiger partial charge in [0.2, 0.25) is 0 Å². The zero-order chi connectivity index (χ0) is 13.0. The molecular weight excluding hydrogens is 240 g/mol. The summed E-state index contributed by atoms with van der Waals surface area (Å²) in [5.74, 6) is 0.525. The van der Waals surface area contributed by atoms with Gasteiger partial charge in [-0.25, -0.2) is 0 Å². The maximum Gasteiger partial charge on any atom is 0.0856 e. The molecule has 4 heteroatoms. The van der Waals surface area contributed by atoms with Crippen LogP contribution in [0.5, 0.6) is 0 Å². The fourth-order valence-electron chi connectivity index (χ4n) is 3.25. The molecule has 1 saturated carbocycles. The fourth-order valence-corrected chi connectivity index (χ4v) is 3.25. The minimum Gasteiger partial charge on any atom is -0.376 e. The lowest BCUT2D eigenvalue weighted by Crippen LogP contribution is -2.52. The van der Waals surface area contributed by atoms with Crippen molar-refractivity contribution in [3.05, 3.63) is 30.1 Å². The average Bonchev–Trinajstić information content (AvgIpc) is 2.83. The molecule has 2 heterocycles. The number of nitrogens with one attached hydrogen (secondary N) is 1. The van der Waals surface area contributed by atoms with Crippen molar-refractivity contribution in [3.8, 4) is 0 Å². The topological polar surface area (TPSA) is 43.4 Å². The largest absolute Gasteiger partial charge is 0.376 e. The van der Waals surface area contributed by atoms with Crippen LogP contribution in [-0.4, -0.2) is 36.9 Å². The fraction of sp³-hybridized carbons (Fsp3) is 0.667. The van der Waals surface area contributed by atoms with Gasteiger partial charge in [-0.3, -0.25) is 4.98 Å². The molecule has 2 fully saturated rings. The lowest BCUT2D eigenvalue weighted by molar-refractivity contribution is -0.108. The summed E-state index contributed by atoms with van der Waals surface area (Å²) in [6, 6.07) is 4.00. The van der Waals surface area contributed by atoms with Gasteiger partial charge < -0.3 is 14.8 Å². The summed E-state index contributed by atoms with van der Waals surface area (Å²) in [6.45, 7) is 4.22. The Hall–Kier alpha value is -0.970. The lowest BCUT2D eigenvalue weighted by Gasteiger charge is -2.39. The smallest absolute Gasteiger partial charge is 0.0856 e. The van der Waals surface area contributed by atoms with Crippen LogP contribution in [0.25, 0.3) is 0 Å². The van der Waals surface area contributed by atoms with Gasteiger partial charge in [0.1, 0.15) is 0 Å². The highest BCUT2D eigenvalue weighted by Gasteiger charge is 2.44. The van der Waals surface area contributed by atoms with Crippen LogP contribution in [-0.2, 0) is 16.1 Å². The van der Waals surface area contributed by atoms with Gasteiger partial charge in [-0.2, -0.15) is 0 Å². The normalized spacial score (nSPS) is 30.8. The second-order valence-electron chi connectivity index (χ2n) is 5.56. The standard InChI is InChI=1S/C15H22N2O2/c1-4-14(15(5-1)12-17-7-8-19-15)11-18-10-13-3-2-6-16-9-13/h2-3,6,9,14,17H,1,4-5,7-8,10-12H2/t14-,15-/m0/s1. The van der Waals surface area contributed by atoms with Crippen LogP contribution in [0.15, 0.2) is 24.5 Å². The third-order valence-corrected chi connectivity index (χ3v) is 4.30. The summed E-state index contributed by atoms with van der Waals surface area (Å²) in [6.07, 6.45) is 7.29. The van der Waals surface area contributed by atoms with E-state index < -0.39 is 0 Å². The Kier molecular flexibility index (Phi) is 4.11. The SMILES string of the molecule is c1cncc(COC[C@@H]2CCC[C@]23CNCCO3)c1. The van der Waals surface area contributed by atoms with Crippen LogP contribution in [0, 0.1) is 5.92 Å². The van der Waals surface area contributed by atoms with E-state index in [0.717, 1.165) is 31.9 Å². The third kappa shape index (κ3) is 2.96. The summed E-state index contributed by atoms with van der Waals surface area (Å²) >= 11 is 0. The van der Waals surface area contributed by atoms with E-state index in [-0.39, 0.29) is 5.60 Å². The maximum absolute atomic E-state index is 6.09. The molecule has 1 aliphatic heterocycles. The zero-order valence-corrected chi connectivity index (χ0v) is 11.3. The Morgan fingerprint density at radius 2 is 2.53 bits per heavy atom. The minimum atomic E-state index is 0.0349. The number of aromatic nitrogens is 1. The number of ether oxygens (including phenoxy) is 2. The van der Waals surface area contributed by atoms with Gasteiger partial charge in [0.05, 0.1) is 25.4 Å². The molecular formula is C15H22N2O2. The van der Waals surface area contributed by atoms with Gasteiger partial charge >= 0.3 is 0 Å². The van der Waals surface area contributed by atoms with E-state index in [9.17, 15) is 0 Å². The highest BCUT2D eigenvalue weighted by Crippen LogP contribution is 2.39. The van der Waals surface area contributed by atoms with E-state index in [0.29, 0.717) is 12.5 Å². The highest BCUT2D eigenvalue weighted by atomic mass is 16.5. The molecule has 4 nitrogen and oxygen atoms in total. The summed E-state index contributed by atoms with van der Waals surface area (Å²) in [7, 11) is 0. The van der Waals surface area contributed by atoms with Gasteiger partial charge in [-0.05, 0) is 24.5 Å². The monoisotopic (exact) mass is 262 g/mol. The minimum absolute atomic E-state index is 0.0349. The molecule has 3 rings (SSSR count). The molecule has 1 aromatic heterocycles. The van der Waals surface area contributed by atoms with E-state index >= 15 is 0 Å². The molecule has 0 radical (unpaired) electrons. The van der Waals surface area contributed by atoms with Crippen LogP contribution >= 0.6 is 0 Å². The molecule has 104 valence electrons. The molecule has 0 amide bonds. The number of nitrogens with zero attached hydrogens (tertiary/aromatic N) is 1. The van der Waals surface area contributed by atoms with Crippen LogP contribution in [0.1, 0.15) is 24.8 Å². The number of morpholine rings is 1. The Bertz CT molecular complexity index is 390. The van der Waals surface area contributed by atoms with Gasteiger partial charge in [-0.1, -0.05) is 12.5 Å². The molecule has 0 unspecified atom stereocenters. The third-order valence-electron chi connectivity index (χ3n) is 4.30. The lowest BCUT2D eigenvalue weighted by atomic mass is 9.90. The van der Waals surface area contributed by atoms with Crippen molar-refractivity contribution in [2.45, 2.75) is 31.5 Å². The summed E-state index contributed by atoms with van der Waals surface area (Å²) in [5, 5.41) is 3.47. The van der Waals surface area contributed by atoms with Crippen molar-refractivity contribution in [1.29, 1.82) is 0 Å². The second-order valence-corrected chi connectivity index (χ2v) is 5.56. The first-order valence-corrected chi connectivity index (χ1v) is 7.20. The first kappa shape index (κ1) is 13.0. The van der Waals surface area contributed by atoms with Crippen LogP contribution in [0.4, 0.5) is 0 Å². The van der Waals surface area contributed by atoms with Crippen molar-refractivity contribution < 1.29 is 9.47 Å². The summed E-state index contributed by atoms with van der Waals surface area (Å²) in [5.41, 5.74) is 1.17. The second kappa shape index (κ2) is 5.99. The van der Waals surface area contributed by atoms with Crippen molar-refractivity contribution >= 4 is 0 Å². The Labute approximate surface area is 114 Å². The Balaban J connectivity index is 1.51. The van der Waals surface area contributed by atoms with Crippen LogP contribution in [0.3, 0.4) is 0 Å². The summed E-state index contributed by atoms with van der Waals surface area (Å²) < 4.78 is 12.0. The predicted molar refractivity (Wildman–Crippen MR) is 72.8 cm³/mol.